The van der Waals surface area contributed by atoms with Gasteiger partial charge in [0, 0.05) is 5.56 Å². The Kier molecular flexibility index (Phi) is 5.63. The molecule has 0 radical (unpaired) electrons. The fourth-order valence-electron chi connectivity index (χ4n) is 3.62. The van der Waals surface area contributed by atoms with E-state index < -0.39 is 0 Å². The van der Waals surface area contributed by atoms with Crippen molar-refractivity contribution >= 4 is 29.5 Å². The normalized spacial score (nSPS) is 15.8. The fourth-order valence-corrected chi connectivity index (χ4v) is 4.81. The van der Waals surface area contributed by atoms with Gasteiger partial charge < -0.3 is 10.1 Å². The molecule has 30 heavy (non-hydrogen) atoms. The number of hydrogen-bond acceptors (Lipinski definition) is 5. The summed E-state index contributed by atoms with van der Waals surface area (Å²) in [5, 5.41) is 7.71. The molecule has 0 saturated carbocycles. The molecule has 1 aliphatic rings. The number of carbonyl (C=O) groups excluding carboxylic acids is 2. The van der Waals surface area contributed by atoms with Gasteiger partial charge in [-0.3, -0.25) is 4.79 Å². The van der Waals surface area contributed by atoms with Crippen molar-refractivity contribution in [3.63, 3.8) is 0 Å². The van der Waals surface area contributed by atoms with Gasteiger partial charge in [0.2, 0.25) is 5.91 Å². The Bertz CT molecular complexity index is 1090. The highest BCUT2D eigenvalue weighted by Crippen LogP contribution is 2.43. The van der Waals surface area contributed by atoms with Crippen molar-refractivity contribution in [3.8, 4) is 5.69 Å². The Labute approximate surface area is 179 Å². The number of benzene rings is 2. The van der Waals surface area contributed by atoms with E-state index in [0.717, 1.165) is 28.9 Å². The number of thioether (sulfide) groups is 1. The maximum atomic E-state index is 12.5. The van der Waals surface area contributed by atoms with Crippen LogP contribution in [-0.4, -0.2) is 34.5 Å². The second-order valence-corrected chi connectivity index (χ2v) is 8.23. The maximum absolute atomic E-state index is 12.5. The van der Waals surface area contributed by atoms with Crippen molar-refractivity contribution in [1.29, 1.82) is 0 Å². The highest BCUT2D eigenvalue weighted by Gasteiger charge is 2.30. The standard InChI is InChI=1S/C23H23N3O3S/c1-4-15-5-11-18(12-6-15)26-22-20(14(2)25-26)21(30-13-19(27)24-22)16-7-9-17(10-8-16)23(28)29-3/h5-12,21H,4,13H2,1-3H3,(H,24,27). The van der Waals surface area contributed by atoms with E-state index in [4.69, 9.17) is 9.84 Å². The van der Waals surface area contributed by atoms with Gasteiger partial charge >= 0.3 is 5.97 Å². The van der Waals surface area contributed by atoms with Crippen LogP contribution in [0.25, 0.3) is 5.69 Å². The lowest BCUT2D eigenvalue weighted by Crippen LogP contribution is -2.15. The van der Waals surface area contributed by atoms with Crippen molar-refractivity contribution in [1.82, 2.24) is 9.78 Å². The number of nitrogens with one attached hydrogen (secondary N) is 1. The summed E-state index contributed by atoms with van der Waals surface area (Å²) >= 11 is 1.56. The molecule has 1 aromatic heterocycles. The number of carbonyl (C=O) groups is 2. The molecule has 6 nitrogen and oxygen atoms in total. The first-order valence-electron chi connectivity index (χ1n) is 9.80. The Morgan fingerprint density at radius 2 is 1.90 bits per heavy atom. The first kappa shape index (κ1) is 20.2. The van der Waals surface area contributed by atoms with Gasteiger partial charge in [-0.1, -0.05) is 31.2 Å². The van der Waals surface area contributed by atoms with E-state index in [1.165, 1.54) is 12.7 Å². The smallest absolute Gasteiger partial charge is 0.337 e. The zero-order chi connectivity index (χ0) is 21.3. The number of methoxy groups -OCH3 is 1. The van der Waals surface area contributed by atoms with Crippen LogP contribution in [-0.2, 0) is 16.0 Å². The molecule has 0 bridgehead atoms. The van der Waals surface area contributed by atoms with Crippen molar-refractivity contribution in [2.75, 3.05) is 18.2 Å². The van der Waals surface area contributed by atoms with Crippen LogP contribution in [0, 0.1) is 6.92 Å². The molecular weight excluding hydrogens is 398 g/mol. The number of amides is 1. The summed E-state index contributed by atoms with van der Waals surface area (Å²) in [5.74, 6) is 0.619. The average Bonchev–Trinajstić information content (AvgIpc) is 2.98. The number of nitrogens with zero attached hydrogens (tertiary/aromatic N) is 2. The van der Waals surface area contributed by atoms with Crippen molar-refractivity contribution < 1.29 is 14.3 Å². The van der Waals surface area contributed by atoms with Gasteiger partial charge in [0.05, 0.1) is 35.1 Å². The van der Waals surface area contributed by atoms with Crippen LogP contribution in [0.3, 0.4) is 0 Å². The molecule has 1 N–H and O–H groups in total. The fraction of sp³-hybridized carbons (Fsp3) is 0.261. The zero-order valence-electron chi connectivity index (χ0n) is 17.1. The largest absolute Gasteiger partial charge is 0.465 e. The summed E-state index contributed by atoms with van der Waals surface area (Å²) in [6.07, 6.45) is 0.966. The Balaban J connectivity index is 1.78. The quantitative estimate of drug-likeness (QED) is 0.636. The number of hydrogen-bond donors (Lipinski definition) is 1. The molecule has 1 atom stereocenters. The van der Waals surface area contributed by atoms with E-state index in [1.54, 1.807) is 23.9 Å². The third-order valence-corrected chi connectivity index (χ3v) is 6.50. The molecule has 1 unspecified atom stereocenters. The molecule has 2 aromatic carbocycles. The minimum Gasteiger partial charge on any atom is -0.465 e. The van der Waals surface area contributed by atoms with E-state index in [-0.39, 0.29) is 17.1 Å². The number of aryl methyl sites for hydroxylation is 2. The van der Waals surface area contributed by atoms with Gasteiger partial charge in [0.1, 0.15) is 5.82 Å². The van der Waals surface area contributed by atoms with E-state index in [1.807, 2.05) is 35.9 Å². The third-order valence-electron chi connectivity index (χ3n) is 5.23. The van der Waals surface area contributed by atoms with Crippen LogP contribution < -0.4 is 5.32 Å². The van der Waals surface area contributed by atoms with Gasteiger partial charge in [-0.2, -0.15) is 5.10 Å². The van der Waals surface area contributed by atoms with E-state index in [2.05, 4.69) is 24.4 Å². The molecule has 7 heteroatoms. The zero-order valence-corrected chi connectivity index (χ0v) is 18.0. The van der Waals surface area contributed by atoms with Crippen LogP contribution in [0.15, 0.2) is 48.5 Å². The molecule has 0 aliphatic carbocycles. The van der Waals surface area contributed by atoms with Crippen LogP contribution >= 0.6 is 11.8 Å². The molecular formula is C23H23N3O3S. The predicted octanol–water partition coefficient (Wildman–Crippen LogP) is 4.30. The molecule has 1 aliphatic heterocycles. The van der Waals surface area contributed by atoms with Crippen LogP contribution in [0.4, 0.5) is 5.82 Å². The molecule has 0 saturated heterocycles. The lowest BCUT2D eigenvalue weighted by atomic mass is 10.0. The lowest BCUT2D eigenvalue weighted by Gasteiger charge is -2.16. The predicted molar refractivity (Wildman–Crippen MR) is 118 cm³/mol. The number of fused-ring (bicyclic) bond motifs is 1. The average molecular weight is 422 g/mol. The second kappa shape index (κ2) is 8.36. The van der Waals surface area contributed by atoms with E-state index >= 15 is 0 Å². The highest BCUT2D eigenvalue weighted by molar-refractivity contribution is 8.00. The Morgan fingerprint density at radius 1 is 1.20 bits per heavy atom. The topological polar surface area (TPSA) is 73.2 Å². The Morgan fingerprint density at radius 3 is 2.53 bits per heavy atom. The number of rotatable bonds is 4. The van der Waals surface area contributed by atoms with Crippen molar-refractivity contribution in [2.45, 2.75) is 25.5 Å². The first-order valence-corrected chi connectivity index (χ1v) is 10.8. The summed E-state index contributed by atoms with van der Waals surface area (Å²) in [6.45, 7) is 4.08. The molecule has 1 amide bonds. The van der Waals surface area contributed by atoms with Crippen LogP contribution in [0.1, 0.15) is 44.9 Å². The summed E-state index contributed by atoms with van der Waals surface area (Å²) < 4.78 is 6.60. The second-order valence-electron chi connectivity index (χ2n) is 7.13. The molecule has 2 heterocycles. The van der Waals surface area contributed by atoms with Gasteiger partial charge in [-0.15, -0.1) is 11.8 Å². The van der Waals surface area contributed by atoms with Gasteiger partial charge in [0.25, 0.3) is 0 Å². The monoisotopic (exact) mass is 421 g/mol. The minimum atomic E-state index is -0.368. The van der Waals surface area contributed by atoms with E-state index in [0.29, 0.717) is 17.1 Å². The number of esters is 1. The molecule has 4 rings (SSSR count). The summed E-state index contributed by atoms with van der Waals surface area (Å²) in [6, 6.07) is 15.5. The summed E-state index contributed by atoms with van der Waals surface area (Å²) in [4.78, 5) is 24.2. The van der Waals surface area contributed by atoms with Crippen molar-refractivity contribution in [3.05, 3.63) is 76.5 Å². The summed E-state index contributed by atoms with van der Waals surface area (Å²) in [7, 11) is 1.37. The number of anilines is 1. The van der Waals surface area contributed by atoms with Gasteiger partial charge in [-0.25, -0.2) is 9.48 Å². The van der Waals surface area contributed by atoms with Crippen LogP contribution in [0.5, 0.6) is 0 Å². The number of aromatic nitrogens is 2. The van der Waals surface area contributed by atoms with Gasteiger partial charge in [0.15, 0.2) is 0 Å². The first-order chi connectivity index (χ1) is 14.5. The lowest BCUT2D eigenvalue weighted by molar-refractivity contribution is -0.113. The third kappa shape index (κ3) is 3.73. The number of ether oxygens (including phenoxy) is 1. The van der Waals surface area contributed by atoms with Crippen molar-refractivity contribution in [2.24, 2.45) is 0 Å². The molecule has 0 spiro atoms. The molecule has 3 aromatic rings. The van der Waals surface area contributed by atoms with E-state index in [9.17, 15) is 9.59 Å². The molecule has 154 valence electrons. The highest BCUT2D eigenvalue weighted by atomic mass is 32.2. The minimum absolute atomic E-state index is 0.0544. The maximum Gasteiger partial charge on any atom is 0.337 e. The summed E-state index contributed by atoms with van der Waals surface area (Å²) in [5.41, 5.74) is 5.50. The Hall–Kier alpha value is -3.06. The van der Waals surface area contributed by atoms with Gasteiger partial charge in [-0.05, 0) is 48.7 Å². The molecule has 0 fully saturated rings. The van der Waals surface area contributed by atoms with Crippen LogP contribution in [0.2, 0.25) is 0 Å². The SMILES string of the molecule is CCc1ccc(-n2nc(C)c3c2NC(=O)CSC3c2ccc(C(=O)OC)cc2)cc1.